The van der Waals surface area contributed by atoms with Gasteiger partial charge in [-0.1, -0.05) is 66.7 Å². The molecule has 0 aliphatic rings. The summed E-state index contributed by atoms with van der Waals surface area (Å²) < 4.78 is 5.33. The van der Waals surface area contributed by atoms with Crippen LogP contribution in [0.4, 0.5) is 17.1 Å². The Morgan fingerprint density at radius 2 is 0.843 bits per heavy atom. The average molecular weight is 716 g/mol. The maximum Gasteiger partial charge on any atom is -0.0544 e. The molecule has 0 spiro atoms. The summed E-state index contributed by atoms with van der Waals surface area (Å²) in [5.41, 5.74) is 11.8. The summed E-state index contributed by atoms with van der Waals surface area (Å²) in [7, 11) is 0. The van der Waals surface area contributed by atoms with Crippen molar-refractivity contribution in [1.29, 1.82) is 0 Å². The Kier molecular flexibility index (Phi) is 7.20. The summed E-state index contributed by atoms with van der Waals surface area (Å²) in [5.74, 6) is 0. The quantitative estimate of drug-likeness (QED) is 0.156. The van der Waals surface area contributed by atoms with E-state index < -0.39 is 0 Å². The molecule has 0 aliphatic carbocycles. The second-order valence-electron chi connectivity index (χ2n) is 13.0. The zero-order valence-electron chi connectivity index (χ0n) is 27.8. The maximum atomic E-state index is 2.40. The van der Waals surface area contributed by atoms with Gasteiger partial charge in [-0.05, 0) is 23.8 Å². The Labute approximate surface area is 302 Å². The maximum absolute atomic E-state index is 2.40. The van der Waals surface area contributed by atoms with Crippen LogP contribution in [0.5, 0.6) is 0 Å². The molecule has 0 radical (unpaired) electrons. The van der Waals surface area contributed by atoms with Gasteiger partial charge in [-0.15, -0.1) is 0 Å². The minimum atomic E-state index is 0.339. The molecule has 2 nitrogen and oxygen atoms in total. The SMILES string of the molecule is c1ccc(-c2ccc(N(c3ccc(-c4ccc5c(c4)[se]c4ccccc45)cc3)c3ccc4c5ccccc5n(-c5ccccc5)c4c3)cc2)cc1. The number of aromatic nitrogens is 1. The van der Waals surface area contributed by atoms with E-state index in [1.807, 2.05) is 0 Å². The van der Waals surface area contributed by atoms with Crippen molar-refractivity contribution in [2.24, 2.45) is 0 Å². The number of para-hydroxylation sites is 2. The molecule has 0 saturated carbocycles. The number of hydrogen-bond acceptors (Lipinski definition) is 1. The number of rotatable bonds is 6. The molecular weight excluding hydrogens is 684 g/mol. The van der Waals surface area contributed by atoms with Gasteiger partial charge in [-0.3, -0.25) is 0 Å². The molecule has 51 heavy (non-hydrogen) atoms. The van der Waals surface area contributed by atoms with Crippen LogP contribution in [0.1, 0.15) is 0 Å². The van der Waals surface area contributed by atoms with Crippen molar-refractivity contribution >= 4 is 72.7 Å². The summed E-state index contributed by atoms with van der Waals surface area (Å²) >= 11 is 0.339. The van der Waals surface area contributed by atoms with Gasteiger partial charge in [0.2, 0.25) is 0 Å². The Balaban J connectivity index is 1.11. The van der Waals surface area contributed by atoms with E-state index >= 15 is 0 Å². The van der Waals surface area contributed by atoms with E-state index in [-0.39, 0.29) is 0 Å². The average Bonchev–Trinajstić information content (AvgIpc) is 3.74. The van der Waals surface area contributed by atoms with Crippen LogP contribution < -0.4 is 4.90 Å². The molecule has 8 aromatic carbocycles. The molecule has 10 rings (SSSR count). The van der Waals surface area contributed by atoms with Crippen LogP contribution in [0.25, 0.3) is 69.0 Å². The van der Waals surface area contributed by atoms with E-state index in [9.17, 15) is 0 Å². The van der Waals surface area contributed by atoms with Crippen LogP contribution in [-0.4, -0.2) is 19.1 Å². The van der Waals surface area contributed by atoms with Crippen LogP contribution in [0.15, 0.2) is 194 Å². The number of hydrogen-bond donors (Lipinski definition) is 0. The first kappa shape index (κ1) is 29.8. The van der Waals surface area contributed by atoms with Crippen molar-refractivity contribution < 1.29 is 0 Å². The van der Waals surface area contributed by atoms with E-state index in [1.54, 1.807) is 0 Å². The first-order valence-electron chi connectivity index (χ1n) is 17.3. The smallest absolute Gasteiger partial charge is 0.0544 e. The van der Waals surface area contributed by atoms with Gasteiger partial charge in [-0.25, -0.2) is 0 Å². The minimum absolute atomic E-state index is 0.339. The molecule has 0 atom stereocenters. The third-order valence-electron chi connectivity index (χ3n) is 10.0. The standard InChI is InChI=1S/C48H32N2Se/c1-3-11-33(12-4-1)34-19-24-38(25-20-34)49(39-26-21-35(22-27-39)36-23-29-44-43-16-8-10-18-47(43)51-48(44)31-36)40-28-30-42-41-15-7-9-17-45(41)50(46(42)32-40)37-13-5-2-6-14-37/h1-32H. The van der Waals surface area contributed by atoms with Crippen LogP contribution in [0.2, 0.25) is 0 Å². The molecular formula is C48H32N2Se. The third-order valence-corrected chi connectivity index (χ3v) is 12.4. The summed E-state index contributed by atoms with van der Waals surface area (Å²) in [5, 5.41) is 5.28. The van der Waals surface area contributed by atoms with Gasteiger partial charge in [0.25, 0.3) is 0 Å². The van der Waals surface area contributed by atoms with Crippen molar-refractivity contribution in [2.45, 2.75) is 0 Å². The second-order valence-corrected chi connectivity index (χ2v) is 15.3. The topological polar surface area (TPSA) is 8.17 Å². The van der Waals surface area contributed by atoms with E-state index in [4.69, 9.17) is 0 Å². The summed E-state index contributed by atoms with van der Waals surface area (Å²) in [6.45, 7) is 0. The molecule has 0 aliphatic heterocycles. The molecule has 3 heteroatoms. The summed E-state index contributed by atoms with van der Waals surface area (Å²) in [6, 6.07) is 70.8. The summed E-state index contributed by atoms with van der Waals surface area (Å²) in [4.78, 5) is 2.38. The van der Waals surface area contributed by atoms with Crippen LogP contribution >= 0.6 is 0 Å². The number of anilines is 3. The van der Waals surface area contributed by atoms with Gasteiger partial charge in [-0.2, -0.15) is 0 Å². The predicted molar refractivity (Wildman–Crippen MR) is 218 cm³/mol. The minimum Gasteiger partial charge on any atom is -0.0617 e. The van der Waals surface area contributed by atoms with E-state index in [0.29, 0.717) is 14.5 Å². The van der Waals surface area contributed by atoms with Gasteiger partial charge < -0.3 is 0 Å². The first-order valence-corrected chi connectivity index (χ1v) is 19.1. The first-order chi connectivity index (χ1) is 25.3. The molecule has 0 fully saturated rings. The Bertz CT molecular complexity index is 2830. The third kappa shape index (κ3) is 5.18. The largest absolute Gasteiger partial charge is 0.0617 e. The van der Waals surface area contributed by atoms with Crippen LogP contribution in [0.3, 0.4) is 0 Å². The molecule has 2 aromatic heterocycles. The molecule has 2 heterocycles. The zero-order chi connectivity index (χ0) is 33.7. The molecule has 0 N–H and O–H groups in total. The normalized spacial score (nSPS) is 11.5. The molecule has 0 unspecified atom stereocenters. The van der Waals surface area contributed by atoms with Gasteiger partial charge >= 0.3 is 197 Å². The zero-order valence-corrected chi connectivity index (χ0v) is 29.5. The number of benzene rings is 8. The van der Waals surface area contributed by atoms with Gasteiger partial charge in [0, 0.05) is 11.1 Å². The fourth-order valence-corrected chi connectivity index (χ4v) is 9.95. The van der Waals surface area contributed by atoms with Crippen LogP contribution in [0, 0.1) is 0 Å². The molecule has 0 bridgehead atoms. The molecule has 0 amide bonds. The molecule has 240 valence electrons. The van der Waals surface area contributed by atoms with Crippen LogP contribution in [-0.2, 0) is 0 Å². The fraction of sp³-hybridized carbons (Fsp3) is 0. The molecule has 0 saturated heterocycles. The number of fused-ring (bicyclic) bond motifs is 6. The Hall–Kier alpha value is -6.12. The fourth-order valence-electron chi connectivity index (χ4n) is 7.54. The van der Waals surface area contributed by atoms with E-state index in [1.165, 1.54) is 63.4 Å². The molecule has 10 aromatic rings. The van der Waals surface area contributed by atoms with Gasteiger partial charge in [0.05, 0.1) is 5.52 Å². The van der Waals surface area contributed by atoms with Crippen molar-refractivity contribution in [3.63, 3.8) is 0 Å². The summed E-state index contributed by atoms with van der Waals surface area (Å²) in [6.07, 6.45) is 0. The van der Waals surface area contributed by atoms with Gasteiger partial charge in [0.15, 0.2) is 0 Å². The second kappa shape index (κ2) is 12.3. The van der Waals surface area contributed by atoms with Crippen molar-refractivity contribution in [3.05, 3.63) is 194 Å². The van der Waals surface area contributed by atoms with Crippen molar-refractivity contribution in [2.75, 3.05) is 4.90 Å². The Morgan fingerprint density at radius 3 is 1.59 bits per heavy atom. The van der Waals surface area contributed by atoms with E-state index in [2.05, 4.69) is 204 Å². The number of nitrogens with zero attached hydrogens (tertiary/aromatic N) is 2. The van der Waals surface area contributed by atoms with E-state index in [0.717, 1.165) is 22.7 Å². The monoisotopic (exact) mass is 716 g/mol. The van der Waals surface area contributed by atoms with Gasteiger partial charge in [0.1, 0.15) is 0 Å². The van der Waals surface area contributed by atoms with Crippen molar-refractivity contribution in [1.82, 2.24) is 4.57 Å². The van der Waals surface area contributed by atoms with Crippen molar-refractivity contribution in [3.8, 4) is 27.9 Å². The predicted octanol–water partition coefficient (Wildman–Crippen LogP) is 13.0. The Morgan fingerprint density at radius 1 is 0.333 bits per heavy atom.